The molecule has 0 spiro atoms. The van der Waals surface area contributed by atoms with Crippen molar-refractivity contribution in [2.24, 2.45) is 10.7 Å². The fourth-order valence-corrected chi connectivity index (χ4v) is 1.87. The van der Waals surface area contributed by atoms with Gasteiger partial charge in [0.15, 0.2) is 5.96 Å². The van der Waals surface area contributed by atoms with E-state index in [4.69, 9.17) is 5.73 Å². The molecule has 1 fully saturated rings. The van der Waals surface area contributed by atoms with Crippen molar-refractivity contribution in [1.29, 1.82) is 0 Å². The molecule has 0 heterocycles. The number of nitrogens with zero attached hydrogens (tertiary/aromatic N) is 1. The van der Waals surface area contributed by atoms with Crippen LogP contribution in [-0.4, -0.2) is 25.7 Å². The van der Waals surface area contributed by atoms with Crippen LogP contribution >= 0.6 is 0 Å². The number of aliphatic imine (C=N–C) groups is 1. The Morgan fingerprint density at radius 1 is 1.44 bits per heavy atom. The summed E-state index contributed by atoms with van der Waals surface area (Å²) in [6.45, 7) is -2.79. The summed E-state index contributed by atoms with van der Waals surface area (Å²) in [7, 11) is 1.62. The van der Waals surface area contributed by atoms with Crippen molar-refractivity contribution in [1.82, 2.24) is 5.32 Å². The Morgan fingerprint density at radius 2 is 2.11 bits per heavy atom. The fourth-order valence-electron chi connectivity index (χ4n) is 1.87. The molecule has 1 saturated carbocycles. The molecule has 0 unspecified atom stereocenters. The number of hydrogen-bond donors (Lipinski definition) is 2. The van der Waals surface area contributed by atoms with Gasteiger partial charge in [-0.05, 0) is 24.1 Å². The number of rotatable bonds is 4. The Balaban J connectivity index is 1.92. The molecule has 0 aromatic heterocycles. The number of nitrogens with one attached hydrogen (secondary N) is 1. The molecule has 0 amide bonds. The van der Waals surface area contributed by atoms with Gasteiger partial charge < -0.3 is 15.8 Å². The number of nitrogens with two attached hydrogens (primary N) is 1. The maximum atomic E-state index is 12.0. The number of alkyl halides is 2. The van der Waals surface area contributed by atoms with E-state index in [0.717, 1.165) is 12.0 Å². The zero-order valence-electron chi connectivity index (χ0n) is 9.94. The first-order chi connectivity index (χ1) is 8.60. The van der Waals surface area contributed by atoms with Gasteiger partial charge in [0.2, 0.25) is 0 Å². The molecule has 6 heteroatoms. The zero-order valence-corrected chi connectivity index (χ0v) is 9.94. The monoisotopic (exact) mass is 255 g/mol. The average molecular weight is 255 g/mol. The SMILES string of the molecule is CN=C(N)N[C@@H]1C[C@H]1c1ccc(OC(F)F)cc1. The summed E-state index contributed by atoms with van der Waals surface area (Å²) in [6, 6.07) is 6.96. The van der Waals surface area contributed by atoms with Gasteiger partial charge in [0, 0.05) is 19.0 Å². The highest BCUT2D eigenvalue weighted by atomic mass is 19.3. The summed E-state index contributed by atoms with van der Waals surface area (Å²) in [5, 5.41) is 3.08. The van der Waals surface area contributed by atoms with Crippen molar-refractivity contribution in [3.8, 4) is 5.75 Å². The molecule has 98 valence electrons. The van der Waals surface area contributed by atoms with Crippen LogP contribution in [0, 0.1) is 0 Å². The molecule has 0 saturated heterocycles. The highest BCUT2D eigenvalue weighted by molar-refractivity contribution is 5.78. The summed E-state index contributed by atoms with van der Waals surface area (Å²) in [4.78, 5) is 3.82. The van der Waals surface area contributed by atoms with Crippen LogP contribution in [0.2, 0.25) is 0 Å². The van der Waals surface area contributed by atoms with Crippen LogP contribution in [0.1, 0.15) is 17.9 Å². The first kappa shape index (κ1) is 12.6. The largest absolute Gasteiger partial charge is 0.435 e. The Labute approximate surface area is 104 Å². The van der Waals surface area contributed by atoms with Crippen LogP contribution in [0.5, 0.6) is 5.75 Å². The lowest BCUT2D eigenvalue weighted by Gasteiger charge is -2.06. The Morgan fingerprint density at radius 3 is 2.67 bits per heavy atom. The van der Waals surface area contributed by atoms with E-state index in [0.29, 0.717) is 11.9 Å². The standard InChI is InChI=1S/C12H15F2N3O/c1-16-12(15)17-10-6-9(10)7-2-4-8(5-3-7)18-11(13)14/h2-5,9-11H,6H2,1H3,(H3,15,16,17)/t9-,10+/m0/s1. The molecule has 0 bridgehead atoms. The van der Waals surface area contributed by atoms with Gasteiger partial charge in [-0.15, -0.1) is 0 Å². The molecule has 2 rings (SSSR count). The lowest BCUT2D eigenvalue weighted by molar-refractivity contribution is -0.0498. The maximum Gasteiger partial charge on any atom is 0.387 e. The lowest BCUT2D eigenvalue weighted by Crippen LogP contribution is -2.33. The molecule has 1 aliphatic carbocycles. The number of hydrogen-bond acceptors (Lipinski definition) is 2. The van der Waals surface area contributed by atoms with Crippen molar-refractivity contribution in [3.63, 3.8) is 0 Å². The second-order valence-corrected chi connectivity index (χ2v) is 4.15. The van der Waals surface area contributed by atoms with Crippen molar-refractivity contribution in [2.75, 3.05) is 7.05 Å². The second-order valence-electron chi connectivity index (χ2n) is 4.15. The highest BCUT2D eigenvalue weighted by Gasteiger charge is 2.38. The molecular weight excluding hydrogens is 240 g/mol. The van der Waals surface area contributed by atoms with Gasteiger partial charge in [0.1, 0.15) is 5.75 Å². The van der Waals surface area contributed by atoms with E-state index in [1.807, 2.05) is 0 Å². The third kappa shape index (κ3) is 3.09. The lowest BCUT2D eigenvalue weighted by atomic mass is 10.1. The van der Waals surface area contributed by atoms with Gasteiger partial charge in [0.25, 0.3) is 0 Å². The highest BCUT2D eigenvalue weighted by Crippen LogP contribution is 2.41. The molecule has 18 heavy (non-hydrogen) atoms. The molecule has 1 aromatic carbocycles. The van der Waals surface area contributed by atoms with Gasteiger partial charge in [-0.1, -0.05) is 12.1 Å². The summed E-state index contributed by atoms with van der Waals surface area (Å²) in [5.41, 5.74) is 6.65. The molecule has 3 N–H and O–H groups in total. The molecule has 1 aromatic rings. The van der Waals surface area contributed by atoms with Crippen LogP contribution in [0.15, 0.2) is 29.3 Å². The molecule has 1 aliphatic rings. The van der Waals surface area contributed by atoms with E-state index in [2.05, 4.69) is 15.0 Å². The quantitative estimate of drug-likeness (QED) is 0.635. The Kier molecular flexibility index (Phi) is 3.64. The Hall–Kier alpha value is -1.85. The maximum absolute atomic E-state index is 12.0. The zero-order chi connectivity index (χ0) is 13.1. The fraction of sp³-hybridized carbons (Fsp3) is 0.417. The summed E-state index contributed by atoms with van der Waals surface area (Å²) in [6.07, 6.45) is 0.964. The minimum Gasteiger partial charge on any atom is -0.435 e. The Bertz CT molecular complexity index is 433. The van der Waals surface area contributed by atoms with Crippen molar-refractivity contribution < 1.29 is 13.5 Å². The van der Waals surface area contributed by atoms with Crippen molar-refractivity contribution in [3.05, 3.63) is 29.8 Å². The summed E-state index contributed by atoms with van der Waals surface area (Å²) < 4.78 is 28.2. The average Bonchev–Trinajstić information content (AvgIpc) is 3.08. The van der Waals surface area contributed by atoms with E-state index in [1.165, 1.54) is 0 Å². The van der Waals surface area contributed by atoms with E-state index >= 15 is 0 Å². The third-order valence-electron chi connectivity index (χ3n) is 2.90. The summed E-state index contributed by atoms with van der Waals surface area (Å²) >= 11 is 0. The molecule has 4 nitrogen and oxygen atoms in total. The molecular formula is C12H15F2N3O. The second kappa shape index (κ2) is 5.20. The first-order valence-corrected chi connectivity index (χ1v) is 5.63. The number of halogens is 2. The smallest absolute Gasteiger partial charge is 0.387 e. The summed E-state index contributed by atoms with van der Waals surface area (Å²) in [5.74, 6) is 0.944. The predicted molar refractivity (Wildman–Crippen MR) is 64.9 cm³/mol. The van der Waals surface area contributed by atoms with Crippen LogP contribution in [-0.2, 0) is 0 Å². The number of ether oxygens (including phenoxy) is 1. The van der Waals surface area contributed by atoms with Gasteiger partial charge >= 0.3 is 6.61 Å². The van der Waals surface area contributed by atoms with Crippen LogP contribution < -0.4 is 15.8 Å². The number of guanidine groups is 1. The topological polar surface area (TPSA) is 59.6 Å². The third-order valence-corrected chi connectivity index (χ3v) is 2.90. The van der Waals surface area contributed by atoms with Gasteiger partial charge in [-0.2, -0.15) is 8.78 Å². The molecule has 2 atom stereocenters. The van der Waals surface area contributed by atoms with Crippen LogP contribution in [0.25, 0.3) is 0 Å². The molecule has 0 radical (unpaired) electrons. The minimum atomic E-state index is -2.79. The molecule has 0 aliphatic heterocycles. The number of benzene rings is 1. The van der Waals surface area contributed by atoms with E-state index in [9.17, 15) is 8.78 Å². The minimum absolute atomic E-state index is 0.175. The van der Waals surface area contributed by atoms with Crippen molar-refractivity contribution >= 4 is 5.96 Å². The van der Waals surface area contributed by atoms with Crippen LogP contribution in [0.4, 0.5) is 8.78 Å². The van der Waals surface area contributed by atoms with E-state index in [1.54, 1.807) is 31.3 Å². The normalized spacial score (nSPS) is 23.0. The van der Waals surface area contributed by atoms with Crippen molar-refractivity contribution in [2.45, 2.75) is 25.0 Å². The van der Waals surface area contributed by atoms with Crippen LogP contribution in [0.3, 0.4) is 0 Å². The van der Waals surface area contributed by atoms with Gasteiger partial charge in [-0.3, -0.25) is 4.99 Å². The first-order valence-electron chi connectivity index (χ1n) is 5.63. The van der Waals surface area contributed by atoms with E-state index in [-0.39, 0.29) is 11.8 Å². The predicted octanol–water partition coefficient (Wildman–Crippen LogP) is 1.68. The van der Waals surface area contributed by atoms with Gasteiger partial charge in [-0.25, -0.2) is 0 Å². The van der Waals surface area contributed by atoms with Gasteiger partial charge in [0.05, 0.1) is 0 Å². The van der Waals surface area contributed by atoms with E-state index < -0.39 is 6.61 Å².